The number of hydrogen-bond acceptors (Lipinski definition) is 3. The maximum atomic E-state index is 5.84. The maximum absolute atomic E-state index is 5.84. The Labute approximate surface area is 102 Å². The molecule has 16 heavy (non-hydrogen) atoms. The number of anilines is 1. The van der Waals surface area contributed by atoms with Crippen molar-refractivity contribution in [1.29, 1.82) is 0 Å². The fourth-order valence-electron chi connectivity index (χ4n) is 1.55. The Hall–Kier alpha value is -0.800. The Morgan fingerprint density at radius 2 is 2.19 bits per heavy atom. The molecule has 0 aliphatic rings. The molecule has 0 unspecified atom stereocenters. The number of aryl methyl sites for hydroxylation is 1. The van der Waals surface area contributed by atoms with E-state index in [2.05, 4.69) is 9.88 Å². The number of ether oxygens (including phenoxy) is 1. The summed E-state index contributed by atoms with van der Waals surface area (Å²) < 4.78 is 5.03. The van der Waals surface area contributed by atoms with Gasteiger partial charge in [-0.1, -0.05) is 0 Å². The highest BCUT2D eigenvalue weighted by molar-refractivity contribution is 6.17. The molecule has 0 aromatic carbocycles. The number of methoxy groups -OCH3 is 1. The molecule has 0 aliphatic heterocycles. The minimum Gasteiger partial charge on any atom is -0.385 e. The molecule has 1 heterocycles. The normalized spacial score (nSPS) is 10.5. The van der Waals surface area contributed by atoms with E-state index in [1.165, 1.54) is 0 Å². The highest BCUT2D eigenvalue weighted by Crippen LogP contribution is 2.15. The zero-order valence-corrected chi connectivity index (χ0v) is 10.9. The summed E-state index contributed by atoms with van der Waals surface area (Å²) in [6.45, 7) is 3.70. The monoisotopic (exact) mass is 242 g/mol. The van der Waals surface area contributed by atoms with Crippen LogP contribution in [0.15, 0.2) is 12.1 Å². The first-order chi connectivity index (χ1) is 7.67. The zero-order chi connectivity index (χ0) is 12.0. The van der Waals surface area contributed by atoms with E-state index in [0.717, 1.165) is 36.6 Å². The lowest BCUT2D eigenvalue weighted by atomic mass is 10.2. The third-order valence-corrected chi connectivity index (χ3v) is 2.70. The van der Waals surface area contributed by atoms with Crippen molar-refractivity contribution in [2.75, 3.05) is 32.2 Å². The molecular formula is C12H19ClN2O. The minimum atomic E-state index is 0.530. The van der Waals surface area contributed by atoms with E-state index >= 15 is 0 Å². The van der Waals surface area contributed by atoms with Gasteiger partial charge in [-0.15, -0.1) is 11.6 Å². The molecule has 0 saturated heterocycles. The molecule has 1 aromatic rings. The van der Waals surface area contributed by atoms with E-state index in [1.807, 2.05) is 26.1 Å². The smallest absolute Gasteiger partial charge is 0.128 e. The summed E-state index contributed by atoms with van der Waals surface area (Å²) in [7, 11) is 3.76. The summed E-state index contributed by atoms with van der Waals surface area (Å²) in [5, 5.41) is 0. The van der Waals surface area contributed by atoms with Crippen molar-refractivity contribution in [2.24, 2.45) is 0 Å². The van der Waals surface area contributed by atoms with Crippen LogP contribution in [-0.2, 0) is 10.6 Å². The Balaban J connectivity index is 2.66. The van der Waals surface area contributed by atoms with Gasteiger partial charge in [0.05, 0.1) is 0 Å². The van der Waals surface area contributed by atoms with E-state index in [0.29, 0.717) is 5.88 Å². The summed E-state index contributed by atoms with van der Waals surface area (Å²) in [6.07, 6.45) is 0.999. The summed E-state index contributed by atoms with van der Waals surface area (Å²) in [6, 6.07) is 4.05. The first-order valence-electron chi connectivity index (χ1n) is 5.41. The molecule has 1 aromatic heterocycles. The lowest BCUT2D eigenvalue weighted by molar-refractivity contribution is 0.196. The van der Waals surface area contributed by atoms with Crippen LogP contribution in [0.4, 0.5) is 5.82 Å². The highest BCUT2D eigenvalue weighted by atomic mass is 35.5. The fourth-order valence-corrected chi connectivity index (χ4v) is 1.71. The number of nitrogens with zero attached hydrogens (tertiary/aromatic N) is 2. The first kappa shape index (κ1) is 13.3. The van der Waals surface area contributed by atoms with Gasteiger partial charge in [0.1, 0.15) is 5.82 Å². The molecule has 90 valence electrons. The highest BCUT2D eigenvalue weighted by Gasteiger charge is 2.04. The number of halogens is 1. The van der Waals surface area contributed by atoms with Crippen molar-refractivity contribution in [1.82, 2.24) is 4.98 Å². The lowest BCUT2D eigenvalue weighted by Gasteiger charge is -2.19. The predicted octanol–water partition coefficient (Wildman–Crippen LogP) is 2.60. The number of alkyl halides is 1. The molecule has 0 radical (unpaired) electrons. The van der Waals surface area contributed by atoms with Gasteiger partial charge in [0, 0.05) is 38.9 Å². The molecule has 1 rings (SSSR count). The minimum absolute atomic E-state index is 0.530. The van der Waals surface area contributed by atoms with Crippen LogP contribution in [0.25, 0.3) is 0 Å². The number of pyridine rings is 1. The van der Waals surface area contributed by atoms with Crippen LogP contribution >= 0.6 is 11.6 Å². The summed E-state index contributed by atoms with van der Waals surface area (Å²) >= 11 is 5.84. The van der Waals surface area contributed by atoms with Gasteiger partial charge in [0.2, 0.25) is 0 Å². The number of rotatable bonds is 6. The van der Waals surface area contributed by atoms with Crippen LogP contribution in [0.5, 0.6) is 0 Å². The summed E-state index contributed by atoms with van der Waals surface area (Å²) in [5.41, 5.74) is 2.12. The molecule has 0 N–H and O–H groups in total. The van der Waals surface area contributed by atoms with E-state index in [-0.39, 0.29) is 0 Å². The van der Waals surface area contributed by atoms with E-state index in [1.54, 1.807) is 7.11 Å². The lowest BCUT2D eigenvalue weighted by Crippen LogP contribution is -2.21. The molecule has 0 saturated carbocycles. The molecule has 4 heteroatoms. The van der Waals surface area contributed by atoms with Crippen LogP contribution in [0.3, 0.4) is 0 Å². The van der Waals surface area contributed by atoms with E-state index in [9.17, 15) is 0 Å². The van der Waals surface area contributed by atoms with Crippen LogP contribution in [0, 0.1) is 6.92 Å². The van der Waals surface area contributed by atoms with Gasteiger partial charge < -0.3 is 9.64 Å². The molecule has 0 atom stereocenters. The topological polar surface area (TPSA) is 25.4 Å². The molecule has 0 aliphatic carbocycles. The summed E-state index contributed by atoms with van der Waals surface area (Å²) in [5.74, 6) is 1.51. The molecule has 0 amide bonds. The molecule has 0 fully saturated rings. The van der Waals surface area contributed by atoms with Crippen LogP contribution < -0.4 is 4.90 Å². The second-order valence-corrected chi connectivity index (χ2v) is 4.14. The van der Waals surface area contributed by atoms with Gasteiger partial charge >= 0.3 is 0 Å². The van der Waals surface area contributed by atoms with E-state index < -0.39 is 0 Å². The van der Waals surface area contributed by atoms with Crippen LogP contribution in [0.1, 0.15) is 17.7 Å². The van der Waals surface area contributed by atoms with Crippen molar-refractivity contribution >= 4 is 17.4 Å². The first-order valence-corrected chi connectivity index (χ1v) is 5.94. The maximum Gasteiger partial charge on any atom is 0.128 e. The molecular weight excluding hydrogens is 224 g/mol. The third-order valence-electron chi connectivity index (χ3n) is 2.39. The number of hydrogen-bond donors (Lipinski definition) is 0. The summed E-state index contributed by atoms with van der Waals surface area (Å²) in [4.78, 5) is 6.61. The molecule has 0 spiro atoms. The second-order valence-electron chi connectivity index (χ2n) is 3.88. The van der Waals surface area contributed by atoms with Crippen molar-refractivity contribution in [2.45, 2.75) is 19.2 Å². The third kappa shape index (κ3) is 3.99. The standard InChI is InChI=1S/C12H19ClN2O/c1-10-7-11(9-13)8-12(14-10)15(2)5-4-6-16-3/h7-8H,4-6,9H2,1-3H3. The Morgan fingerprint density at radius 1 is 1.44 bits per heavy atom. The average molecular weight is 243 g/mol. The van der Waals surface area contributed by atoms with Gasteiger partial charge in [-0.05, 0) is 31.0 Å². The largest absolute Gasteiger partial charge is 0.385 e. The fraction of sp³-hybridized carbons (Fsp3) is 0.583. The molecule has 0 bridgehead atoms. The average Bonchev–Trinajstić information content (AvgIpc) is 2.28. The quantitative estimate of drug-likeness (QED) is 0.567. The Kier molecular flexibility index (Phi) is 5.56. The van der Waals surface area contributed by atoms with Crippen LogP contribution in [-0.4, -0.2) is 32.3 Å². The van der Waals surface area contributed by atoms with E-state index in [4.69, 9.17) is 16.3 Å². The van der Waals surface area contributed by atoms with Crippen molar-refractivity contribution in [3.05, 3.63) is 23.4 Å². The van der Waals surface area contributed by atoms with Gasteiger partial charge in [-0.25, -0.2) is 4.98 Å². The SMILES string of the molecule is COCCCN(C)c1cc(CCl)cc(C)n1. The van der Waals surface area contributed by atoms with Crippen molar-refractivity contribution < 1.29 is 4.74 Å². The zero-order valence-electron chi connectivity index (χ0n) is 10.2. The molecule has 3 nitrogen and oxygen atoms in total. The van der Waals surface area contributed by atoms with Crippen molar-refractivity contribution in [3.8, 4) is 0 Å². The Morgan fingerprint density at radius 3 is 2.81 bits per heavy atom. The second kappa shape index (κ2) is 6.71. The Bertz CT molecular complexity index is 331. The van der Waals surface area contributed by atoms with Gasteiger partial charge in [-0.2, -0.15) is 0 Å². The van der Waals surface area contributed by atoms with Gasteiger partial charge in [-0.3, -0.25) is 0 Å². The van der Waals surface area contributed by atoms with Gasteiger partial charge in [0.25, 0.3) is 0 Å². The number of aromatic nitrogens is 1. The predicted molar refractivity (Wildman–Crippen MR) is 68.3 cm³/mol. The van der Waals surface area contributed by atoms with Crippen molar-refractivity contribution in [3.63, 3.8) is 0 Å². The van der Waals surface area contributed by atoms with Gasteiger partial charge in [0.15, 0.2) is 0 Å². The van der Waals surface area contributed by atoms with Crippen LogP contribution in [0.2, 0.25) is 0 Å².